The second-order valence-corrected chi connectivity index (χ2v) is 5.77. The minimum absolute atomic E-state index is 0.0359. The molecule has 5 heteroatoms. The van der Waals surface area contributed by atoms with Crippen LogP contribution in [-0.2, 0) is 11.2 Å². The van der Waals surface area contributed by atoms with Gasteiger partial charge in [0.1, 0.15) is 0 Å². The van der Waals surface area contributed by atoms with Crippen LogP contribution in [0.5, 0.6) is 0 Å². The maximum atomic E-state index is 12.4. The van der Waals surface area contributed by atoms with Crippen molar-refractivity contribution in [2.45, 2.75) is 32.1 Å². The van der Waals surface area contributed by atoms with Gasteiger partial charge in [-0.1, -0.05) is 42.4 Å². The summed E-state index contributed by atoms with van der Waals surface area (Å²) in [7, 11) is 0. The number of piperidine rings is 1. The van der Waals surface area contributed by atoms with E-state index < -0.39 is 0 Å². The maximum Gasteiger partial charge on any atom is 0.246 e. The Bertz CT molecular complexity index is 679. The number of aromatic nitrogens is 2. The highest BCUT2D eigenvalue weighted by molar-refractivity contribution is 5.91. The van der Waals surface area contributed by atoms with E-state index in [1.165, 1.54) is 0 Å². The van der Waals surface area contributed by atoms with Crippen molar-refractivity contribution in [1.29, 1.82) is 0 Å². The average Bonchev–Trinajstić information content (AvgIpc) is 3.10. The van der Waals surface area contributed by atoms with Crippen LogP contribution in [0.25, 0.3) is 6.08 Å². The molecule has 2 heterocycles. The molecular formula is C18H21N3O2. The Morgan fingerprint density at radius 1 is 1.39 bits per heavy atom. The number of hydrogen-bond donors (Lipinski definition) is 0. The Balaban J connectivity index is 1.63. The predicted octanol–water partition coefficient (Wildman–Crippen LogP) is 3.05. The van der Waals surface area contributed by atoms with E-state index in [1.54, 1.807) is 6.08 Å². The van der Waals surface area contributed by atoms with Crippen LogP contribution in [0.2, 0.25) is 0 Å². The van der Waals surface area contributed by atoms with Crippen molar-refractivity contribution >= 4 is 12.0 Å². The number of benzene rings is 1. The van der Waals surface area contributed by atoms with Crippen LogP contribution >= 0.6 is 0 Å². The monoisotopic (exact) mass is 311 g/mol. The normalized spacial score (nSPS) is 18.5. The minimum atomic E-state index is 0.0359. The Kier molecular flexibility index (Phi) is 4.86. The minimum Gasteiger partial charge on any atom is -0.339 e. The third kappa shape index (κ3) is 3.86. The zero-order valence-corrected chi connectivity index (χ0v) is 13.3. The maximum absolute atomic E-state index is 12.4. The number of carbonyl (C=O) groups is 1. The summed E-state index contributed by atoms with van der Waals surface area (Å²) in [5.74, 6) is 1.57. The fraction of sp³-hybridized carbons (Fsp3) is 0.389. The summed E-state index contributed by atoms with van der Waals surface area (Å²) in [4.78, 5) is 18.7. The summed E-state index contributed by atoms with van der Waals surface area (Å²) in [5, 5.41) is 3.95. The molecule has 1 saturated heterocycles. The van der Waals surface area contributed by atoms with Gasteiger partial charge in [0.15, 0.2) is 5.82 Å². The molecule has 0 aliphatic carbocycles. The number of nitrogens with zero attached hydrogens (tertiary/aromatic N) is 3. The zero-order chi connectivity index (χ0) is 16.1. The lowest BCUT2D eigenvalue weighted by atomic mass is 9.98. The molecule has 0 radical (unpaired) electrons. The van der Waals surface area contributed by atoms with Gasteiger partial charge in [0, 0.05) is 25.6 Å². The summed E-state index contributed by atoms with van der Waals surface area (Å²) in [6.07, 6.45) is 6.20. The average molecular weight is 311 g/mol. The van der Waals surface area contributed by atoms with Gasteiger partial charge in [-0.05, 0) is 24.5 Å². The number of hydrogen-bond acceptors (Lipinski definition) is 4. The molecular weight excluding hydrogens is 290 g/mol. The molecule has 1 amide bonds. The number of aryl methyl sites for hydroxylation is 1. The third-order valence-electron chi connectivity index (χ3n) is 4.10. The molecule has 1 aromatic heterocycles. The van der Waals surface area contributed by atoms with E-state index >= 15 is 0 Å². The van der Waals surface area contributed by atoms with Gasteiger partial charge in [-0.25, -0.2) is 0 Å². The van der Waals surface area contributed by atoms with E-state index in [-0.39, 0.29) is 11.8 Å². The van der Waals surface area contributed by atoms with Crippen LogP contribution < -0.4 is 0 Å². The summed E-state index contributed by atoms with van der Waals surface area (Å²) >= 11 is 0. The van der Waals surface area contributed by atoms with Gasteiger partial charge in [0.2, 0.25) is 11.8 Å². The Labute approximate surface area is 136 Å². The van der Waals surface area contributed by atoms with E-state index in [0.717, 1.165) is 37.2 Å². The van der Waals surface area contributed by atoms with Gasteiger partial charge >= 0.3 is 0 Å². The van der Waals surface area contributed by atoms with Gasteiger partial charge in [-0.15, -0.1) is 0 Å². The van der Waals surface area contributed by atoms with Crippen molar-refractivity contribution in [2.24, 2.45) is 0 Å². The second-order valence-electron chi connectivity index (χ2n) is 5.77. The fourth-order valence-electron chi connectivity index (χ4n) is 2.79. The highest BCUT2D eigenvalue weighted by Gasteiger charge is 2.27. The molecule has 120 valence electrons. The summed E-state index contributed by atoms with van der Waals surface area (Å²) < 4.78 is 5.34. The smallest absolute Gasteiger partial charge is 0.246 e. The first-order chi connectivity index (χ1) is 11.3. The summed E-state index contributed by atoms with van der Waals surface area (Å²) in [6, 6.07) is 9.84. The molecule has 3 rings (SSSR count). The van der Waals surface area contributed by atoms with Crippen molar-refractivity contribution in [3.8, 4) is 0 Å². The van der Waals surface area contributed by atoms with E-state index in [4.69, 9.17) is 4.52 Å². The Morgan fingerprint density at radius 2 is 2.22 bits per heavy atom. The molecule has 0 unspecified atom stereocenters. The van der Waals surface area contributed by atoms with Gasteiger partial charge < -0.3 is 9.42 Å². The molecule has 23 heavy (non-hydrogen) atoms. The molecule has 5 nitrogen and oxygen atoms in total. The highest BCUT2D eigenvalue weighted by Crippen LogP contribution is 2.26. The molecule has 0 spiro atoms. The number of likely N-dealkylation sites (tertiary alicyclic amines) is 1. The SMILES string of the molecule is CCc1noc([C@@H]2CCCN(C(=O)/C=C/c3ccccc3)C2)n1. The molecule has 1 aliphatic heterocycles. The van der Waals surface area contributed by atoms with Crippen LogP contribution in [0.15, 0.2) is 40.9 Å². The quantitative estimate of drug-likeness (QED) is 0.814. The first-order valence-electron chi connectivity index (χ1n) is 8.10. The Morgan fingerprint density at radius 3 is 2.96 bits per heavy atom. The zero-order valence-electron chi connectivity index (χ0n) is 13.3. The van der Waals surface area contributed by atoms with Crippen LogP contribution in [0.1, 0.15) is 43.0 Å². The summed E-state index contributed by atoms with van der Waals surface area (Å²) in [6.45, 7) is 3.42. The van der Waals surface area contributed by atoms with E-state index in [0.29, 0.717) is 12.4 Å². The fourth-order valence-corrected chi connectivity index (χ4v) is 2.79. The van der Waals surface area contributed by atoms with E-state index in [9.17, 15) is 4.79 Å². The number of amides is 1. The van der Waals surface area contributed by atoms with Crippen molar-refractivity contribution < 1.29 is 9.32 Å². The van der Waals surface area contributed by atoms with Crippen LogP contribution in [-0.4, -0.2) is 34.0 Å². The largest absolute Gasteiger partial charge is 0.339 e. The lowest BCUT2D eigenvalue weighted by Crippen LogP contribution is -2.38. The molecule has 0 saturated carbocycles. The third-order valence-corrected chi connectivity index (χ3v) is 4.10. The lowest BCUT2D eigenvalue weighted by molar-refractivity contribution is -0.127. The van der Waals surface area contributed by atoms with Crippen LogP contribution in [0, 0.1) is 0 Å². The first-order valence-corrected chi connectivity index (χ1v) is 8.10. The second kappa shape index (κ2) is 7.22. The number of carbonyl (C=O) groups excluding carboxylic acids is 1. The predicted molar refractivity (Wildman–Crippen MR) is 87.7 cm³/mol. The van der Waals surface area contributed by atoms with E-state index in [1.807, 2.05) is 48.2 Å². The highest BCUT2D eigenvalue weighted by atomic mass is 16.5. The van der Waals surface area contributed by atoms with Gasteiger partial charge in [-0.3, -0.25) is 4.79 Å². The van der Waals surface area contributed by atoms with Gasteiger partial charge in [0.25, 0.3) is 0 Å². The first kappa shape index (κ1) is 15.5. The molecule has 1 atom stereocenters. The van der Waals surface area contributed by atoms with Crippen LogP contribution in [0.4, 0.5) is 0 Å². The van der Waals surface area contributed by atoms with E-state index in [2.05, 4.69) is 10.1 Å². The molecule has 0 N–H and O–H groups in total. The van der Waals surface area contributed by atoms with Crippen molar-refractivity contribution in [1.82, 2.24) is 15.0 Å². The molecule has 1 aliphatic rings. The molecule has 1 fully saturated rings. The summed E-state index contributed by atoms with van der Waals surface area (Å²) in [5.41, 5.74) is 1.03. The molecule has 2 aromatic rings. The Hall–Kier alpha value is -2.43. The van der Waals surface area contributed by atoms with Crippen LogP contribution in [0.3, 0.4) is 0 Å². The topological polar surface area (TPSA) is 59.2 Å². The van der Waals surface area contributed by atoms with Gasteiger partial charge in [-0.2, -0.15) is 4.98 Å². The number of rotatable bonds is 4. The van der Waals surface area contributed by atoms with Gasteiger partial charge in [0.05, 0.1) is 5.92 Å². The lowest BCUT2D eigenvalue weighted by Gasteiger charge is -2.30. The van der Waals surface area contributed by atoms with Crippen molar-refractivity contribution in [2.75, 3.05) is 13.1 Å². The standard InChI is InChI=1S/C18H21N3O2/c1-2-16-19-18(23-20-16)15-9-6-12-21(13-15)17(22)11-10-14-7-4-3-5-8-14/h3-5,7-8,10-11,15H,2,6,9,12-13H2,1H3/b11-10+/t15-/m1/s1. The van der Waals surface area contributed by atoms with Crippen molar-refractivity contribution in [3.05, 3.63) is 53.7 Å². The van der Waals surface area contributed by atoms with Crippen molar-refractivity contribution in [3.63, 3.8) is 0 Å². The molecule has 1 aromatic carbocycles. The molecule has 0 bridgehead atoms.